The topological polar surface area (TPSA) is 38.3 Å². The first kappa shape index (κ1) is 13.9. The number of amides is 1. The number of rotatable bonds is 3. The van der Waals surface area contributed by atoms with Crippen LogP contribution in [-0.4, -0.2) is 12.1 Å². The summed E-state index contributed by atoms with van der Waals surface area (Å²) in [6.45, 7) is 4.46. The third-order valence-electron chi connectivity index (χ3n) is 3.93. The first-order valence-corrected chi connectivity index (χ1v) is 7.20. The van der Waals surface area contributed by atoms with Gasteiger partial charge < -0.3 is 10.1 Å². The van der Waals surface area contributed by atoms with Crippen molar-refractivity contribution >= 4 is 6.09 Å². The van der Waals surface area contributed by atoms with Crippen LogP contribution in [0.1, 0.15) is 39.5 Å². The monoisotopic (exact) mass is 261 g/mol. The quantitative estimate of drug-likeness (QED) is 0.893. The lowest BCUT2D eigenvalue weighted by Crippen LogP contribution is -2.45. The molecule has 1 aliphatic rings. The standard InChI is InChI=1S/C16H23NO2/c1-12(2)14-10-6-7-11-15(14)17-16(18)19-13-8-4-3-5-9-13/h3-5,8-9,12,14-15H,6-7,10-11H2,1-2H3,(H,17,18). The minimum atomic E-state index is -0.330. The van der Waals surface area contributed by atoms with E-state index in [0.717, 1.165) is 6.42 Å². The molecule has 2 unspecified atom stereocenters. The summed E-state index contributed by atoms with van der Waals surface area (Å²) < 4.78 is 5.30. The summed E-state index contributed by atoms with van der Waals surface area (Å²) in [6.07, 6.45) is 4.40. The Balaban J connectivity index is 1.90. The highest BCUT2D eigenvalue weighted by Crippen LogP contribution is 2.30. The fraction of sp³-hybridized carbons (Fsp3) is 0.562. The minimum absolute atomic E-state index is 0.255. The maximum atomic E-state index is 11.9. The van der Waals surface area contributed by atoms with Crippen molar-refractivity contribution in [3.63, 3.8) is 0 Å². The Morgan fingerprint density at radius 2 is 1.89 bits per heavy atom. The molecule has 1 aromatic carbocycles. The number of carbonyl (C=O) groups is 1. The summed E-state index contributed by atoms with van der Waals surface area (Å²) >= 11 is 0. The molecule has 1 N–H and O–H groups in total. The van der Waals surface area contributed by atoms with E-state index in [-0.39, 0.29) is 12.1 Å². The third-order valence-corrected chi connectivity index (χ3v) is 3.93. The average molecular weight is 261 g/mol. The zero-order chi connectivity index (χ0) is 13.7. The lowest BCUT2D eigenvalue weighted by atomic mass is 9.78. The summed E-state index contributed by atoms with van der Waals surface area (Å²) in [5.41, 5.74) is 0. The lowest BCUT2D eigenvalue weighted by molar-refractivity contribution is 0.167. The smallest absolute Gasteiger partial charge is 0.410 e. The Morgan fingerprint density at radius 3 is 2.58 bits per heavy atom. The van der Waals surface area contributed by atoms with Gasteiger partial charge in [-0.15, -0.1) is 0 Å². The fourth-order valence-electron chi connectivity index (χ4n) is 2.91. The molecular weight excluding hydrogens is 238 g/mol. The van der Waals surface area contributed by atoms with Crippen LogP contribution in [0.5, 0.6) is 5.75 Å². The maximum absolute atomic E-state index is 11.9. The Hall–Kier alpha value is -1.51. The molecule has 1 aliphatic carbocycles. The van der Waals surface area contributed by atoms with Gasteiger partial charge in [-0.2, -0.15) is 0 Å². The predicted molar refractivity (Wildman–Crippen MR) is 76.2 cm³/mol. The molecule has 104 valence electrons. The number of hydrogen-bond acceptors (Lipinski definition) is 2. The van der Waals surface area contributed by atoms with Gasteiger partial charge in [0.25, 0.3) is 0 Å². The molecule has 3 heteroatoms. The normalized spacial score (nSPS) is 23.1. The Labute approximate surface area is 115 Å². The fourth-order valence-corrected chi connectivity index (χ4v) is 2.91. The molecule has 1 fully saturated rings. The number of benzene rings is 1. The van der Waals surface area contributed by atoms with Crippen molar-refractivity contribution in [3.05, 3.63) is 30.3 Å². The van der Waals surface area contributed by atoms with Crippen molar-refractivity contribution in [2.75, 3.05) is 0 Å². The largest absolute Gasteiger partial charge is 0.412 e. The maximum Gasteiger partial charge on any atom is 0.412 e. The van der Waals surface area contributed by atoms with E-state index in [2.05, 4.69) is 19.2 Å². The molecular formula is C16H23NO2. The zero-order valence-electron chi connectivity index (χ0n) is 11.8. The first-order valence-electron chi connectivity index (χ1n) is 7.20. The van der Waals surface area contributed by atoms with Crippen LogP contribution in [0.2, 0.25) is 0 Å². The summed E-state index contributed by atoms with van der Waals surface area (Å²) in [6, 6.07) is 9.46. The molecule has 2 atom stereocenters. The van der Waals surface area contributed by atoms with Gasteiger partial charge in [0, 0.05) is 6.04 Å². The average Bonchev–Trinajstić information content (AvgIpc) is 2.40. The van der Waals surface area contributed by atoms with E-state index >= 15 is 0 Å². The highest BCUT2D eigenvalue weighted by molar-refractivity contribution is 5.70. The minimum Gasteiger partial charge on any atom is -0.410 e. The lowest BCUT2D eigenvalue weighted by Gasteiger charge is -2.34. The van der Waals surface area contributed by atoms with E-state index in [4.69, 9.17) is 4.74 Å². The van der Waals surface area contributed by atoms with Gasteiger partial charge in [-0.05, 0) is 36.8 Å². The molecule has 0 aliphatic heterocycles. The summed E-state index contributed by atoms with van der Waals surface area (Å²) in [4.78, 5) is 11.9. The van der Waals surface area contributed by atoms with Gasteiger partial charge >= 0.3 is 6.09 Å². The van der Waals surface area contributed by atoms with Crippen LogP contribution < -0.4 is 10.1 Å². The molecule has 2 rings (SSSR count). The van der Waals surface area contributed by atoms with E-state index in [1.807, 2.05) is 18.2 Å². The van der Waals surface area contributed by atoms with E-state index in [9.17, 15) is 4.79 Å². The molecule has 0 bridgehead atoms. The molecule has 1 aromatic rings. The molecule has 3 nitrogen and oxygen atoms in total. The summed E-state index contributed by atoms with van der Waals surface area (Å²) in [5, 5.41) is 3.04. The molecule has 0 aromatic heterocycles. The van der Waals surface area contributed by atoms with Crippen LogP contribution in [-0.2, 0) is 0 Å². The van der Waals surface area contributed by atoms with Gasteiger partial charge in [0.1, 0.15) is 5.75 Å². The SMILES string of the molecule is CC(C)C1CCCCC1NC(=O)Oc1ccccc1. The van der Waals surface area contributed by atoms with Gasteiger partial charge in [-0.3, -0.25) is 0 Å². The molecule has 0 spiro atoms. The summed E-state index contributed by atoms with van der Waals surface area (Å²) in [7, 11) is 0. The Kier molecular flexibility index (Phi) is 4.83. The third kappa shape index (κ3) is 3.98. The van der Waals surface area contributed by atoms with E-state index in [0.29, 0.717) is 17.6 Å². The second-order valence-electron chi connectivity index (χ2n) is 5.65. The van der Waals surface area contributed by atoms with Crippen LogP contribution in [0, 0.1) is 11.8 Å². The van der Waals surface area contributed by atoms with E-state index in [1.165, 1.54) is 19.3 Å². The zero-order valence-corrected chi connectivity index (χ0v) is 11.8. The van der Waals surface area contributed by atoms with Crippen LogP contribution in [0.4, 0.5) is 4.79 Å². The van der Waals surface area contributed by atoms with Crippen molar-refractivity contribution in [1.82, 2.24) is 5.32 Å². The first-order chi connectivity index (χ1) is 9.16. The van der Waals surface area contributed by atoms with Gasteiger partial charge in [-0.1, -0.05) is 44.9 Å². The number of hydrogen-bond donors (Lipinski definition) is 1. The molecule has 1 saturated carbocycles. The number of ether oxygens (including phenoxy) is 1. The molecule has 0 heterocycles. The second-order valence-corrected chi connectivity index (χ2v) is 5.65. The van der Waals surface area contributed by atoms with Crippen molar-refractivity contribution in [2.45, 2.75) is 45.6 Å². The second kappa shape index (κ2) is 6.60. The predicted octanol–water partition coefficient (Wildman–Crippen LogP) is 3.99. The van der Waals surface area contributed by atoms with Gasteiger partial charge in [0.2, 0.25) is 0 Å². The molecule has 0 saturated heterocycles. The van der Waals surface area contributed by atoms with E-state index < -0.39 is 0 Å². The van der Waals surface area contributed by atoms with Crippen molar-refractivity contribution < 1.29 is 9.53 Å². The molecule has 1 amide bonds. The van der Waals surface area contributed by atoms with Gasteiger partial charge in [-0.25, -0.2) is 4.79 Å². The van der Waals surface area contributed by atoms with Gasteiger partial charge in [0.05, 0.1) is 0 Å². The van der Waals surface area contributed by atoms with Crippen LogP contribution >= 0.6 is 0 Å². The summed E-state index contributed by atoms with van der Waals surface area (Å²) in [5.74, 6) is 1.76. The van der Waals surface area contributed by atoms with Gasteiger partial charge in [0.15, 0.2) is 0 Å². The van der Waals surface area contributed by atoms with E-state index in [1.54, 1.807) is 12.1 Å². The van der Waals surface area contributed by atoms with Crippen molar-refractivity contribution in [1.29, 1.82) is 0 Å². The van der Waals surface area contributed by atoms with Crippen molar-refractivity contribution in [2.24, 2.45) is 11.8 Å². The van der Waals surface area contributed by atoms with Crippen LogP contribution in [0.25, 0.3) is 0 Å². The number of para-hydroxylation sites is 1. The number of nitrogens with one attached hydrogen (secondary N) is 1. The van der Waals surface area contributed by atoms with Crippen molar-refractivity contribution in [3.8, 4) is 5.75 Å². The highest BCUT2D eigenvalue weighted by Gasteiger charge is 2.29. The Bertz CT molecular complexity index is 402. The Morgan fingerprint density at radius 1 is 1.21 bits per heavy atom. The molecule has 19 heavy (non-hydrogen) atoms. The van der Waals surface area contributed by atoms with Crippen LogP contribution in [0.3, 0.4) is 0 Å². The molecule has 0 radical (unpaired) electrons. The van der Waals surface area contributed by atoms with Crippen LogP contribution in [0.15, 0.2) is 30.3 Å². The highest BCUT2D eigenvalue weighted by atomic mass is 16.6. The number of carbonyl (C=O) groups excluding carboxylic acids is 1.